The number of aromatic nitrogens is 1. The summed E-state index contributed by atoms with van der Waals surface area (Å²) < 4.78 is 10.6. The number of nitrogens with zero attached hydrogens (tertiary/aromatic N) is 2. The van der Waals surface area contributed by atoms with Gasteiger partial charge >= 0.3 is 5.63 Å². The van der Waals surface area contributed by atoms with Crippen molar-refractivity contribution in [3.8, 4) is 34.2 Å². The van der Waals surface area contributed by atoms with Gasteiger partial charge < -0.3 is 9.15 Å². The van der Waals surface area contributed by atoms with E-state index in [4.69, 9.17) is 14.1 Å². The fourth-order valence-corrected chi connectivity index (χ4v) is 5.09. The molecule has 186 valence electrons. The van der Waals surface area contributed by atoms with Crippen LogP contribution in [0.2, 0.25) is 0 Å². The van der Waals surface area contributed by atoms with Gasteiger partial charge in [0.2, 0.25) is 0 Å². The Bertz CT molecular complexity index is 1750. The maximum atomic E-state index is 12.0. The van der Waals surface area contributed by atoms with E-state index in [9.17, 15) is 14.9 Å². The molecule has 0 radical (unpaired) electrons. The van der Waals surface area contributed by atoms with Crippen LogP contribution >= 0.6 is 11.8 Å². The lowest BCUT2D eigenvalue weighted by Gasteiger charge is -2.13. The summed E-state index contributed by atoms with van der Waals surface area (Å²) in [6, 6.07) is 28.8. The highest BCUT2D eigenvalue weighted by atomic mass is 32.2. The molecular weight excluding hydrogens is 496 g/mol. The molecule has 0 atom stereocenters. The van der Waals surface area contributed by atoms with Crippen LogP contribution in [0.4, 0.5) is 0 Å². The average molecular weight is 519 g/mol. The number of ether oxygens (including phenoxy) is 1. The molecule has 5 rings (SSSR count). The molecule has 2 heterocycles. The standard InChI is InChI=1S/C31H22N2O4S/c1-19(34)25-15-23-14-20(8-13-29(23)37-31(25)35)18-38-30-27(17-32)26(21-9-11-24(36-2)12-10-21)16-28(33-30)22-6-4-3-5-7-22/h3-16H,18H2,1-2H3. The summed E-state index contributed by atoms with van der Waals surface area (Å²) in [7, 11) is 1.62. The lowest BCUT2D eigenvalue weighted by molar-refractivity contribution is 0.101. The molecule has 0 bridgehead atoms. The molecule has 7 heteroatoms. The normalized spacial score (nSPS) is 10.8. The molecule has 2 aromatic heterocycles. The summed E-state index contributed by atoms with van der Waals surface area (Å²) in [4.78, 5) is 28.7. The Kier molecular flexibility index (Phi) is 7.07. The van der Waals surface area contributed by atoms with Crippen molar-refractivity contribution in [1.29, 1.82) is 5.26 Å². The highest BCUT2D eigenvalue weighted by Crippen LogP contribution is 2.36. The molecule has 0 aliphatic rings. The summed E-state index contributed by atoms with van der Waals surface area (Å²) in [5.41, 5.74) is 4.62. The number of hydrogen-bond acceptors (Lipinski definition) is 7. The van der Waals surface area contributed by atoms with Gasteiger partial charge in [0.25, 0.3) is 0 Å². The van der Waals surface area contributed by atoms with Gasteiger partial charge in [0.05, 0.1) is 18.4 Å². The number of carbonyl (C=O) groups is 1. The van der Waals surface area contributed by atoms with Crippen LogP contribution in [0, 0.1) is 11.3 Å². The fourth-order valence-electron chi connectivity index (χ4n) is 4.15. The van der Waals surface area contributed by atoms with Crippen molar-refractivity contribution in [2.75, 3.05) is 7.11 Å². The molecule has 0 unspecified atom stereocenters. The predicted molar refractivity (Wildman–Crippen MR) is 148 cm³/mol. The highest BCUT2D eigenvalue weighted by Gasteiger charge is 2.17. The Labute approximate surface area is 223 Å². The molecule has 38 heavy (non-hydrogen) atoms. The van der Waals surface area contributed by atoms with Crippen LogP contribution in [-0.2, 0) is 5.75 Å². The second-order valence-electron chi connectivity index (χ2n) is 8.61. The van der Waals surface area contributed by atoms with Gasteiger partial charge in [-0.25, -0.2) is 9.78 Å². The SMILES string of the molecule is COc1ccc(-c2cc(-c3ccccc3)nc(SCc3ccc4oc(=O)c(C(C)=O)cc4c3)c2C#N)cc1. The lowest BCUT2D eigenvalue weighted by atomic mass is 9.99. The summed E-state index contributed by atoms with van der Waals surface area (Å²) in [6.07, 6.45) is 0. The van der Waals surface area contributed by atoms with Crippen LogP contribution < -0.4 is 10.4 Å². The van der Waals surface area contributed by atoms with Crippen LogP contribution in [0.25, 0.3) is 33.4 Å². The first kappa shape index (κ1) is 25.0. The molecule has 3 aromatic carbocycles. The smallest absolute Gasteiger partial charge is 0.347 e. The zero-order chi connectivity index (χ0) is 26.6. The largest absolute Gasteiger partial charge is 0.497 e. The van der Waals surface area contributed by atoms with Gasteiger partial charge in [0.1, 0.15) is 28.0 Å². The summed E-state index contributed by atoms with van der Waals surface area (Å²) in [6.45, 7) is 1.34. The van der Waals surface area contributed by atoms with Crippen molar-refractivity contribution in [2.45, 2.75) is 17.7 Å². The second-order valence-corrected chi connectivity index (χ2v) is 9.57. The monoisotopic (exact) mass is 518 g/mol. The number of Topliss-reactive ketones (excluding diaryl/α,β-unsaturated/α-hetero) is 1. The quantitative estimate of drug-likeness (QED) is 0.131. The topological polar surface area (TPSA) is 93.2 Å². The fraction of sp³-hybridized carbons (Fsp3) is 0.0968. The zero-order valence-corrected chi connectivity index (χ0v) is 21.5. The third-order valence-corrected chi connectivity index (χ3v) is 7.17. The first-order chi connectivity index (χ1) is 18.5. The van der Waals surface area contributed by atoms with E-state index in [1.165, 1.54) is 18.7 Å². The van der Waals surface area contributed by atoms with Crippen LogP contribution in [0.15, 0.2) is 99.2 Å². The van der Waals surface area contributed by atoms with Crippen LogP contribution in [0.1, 0.15) is 28.4 Å². The number of rotatable bonds is 7. The Morgan fingerprint density at radius 3 is 2.45 bits per heavy atom. The highest BCUT2D eigenvalue weighted by molar-refractivity contribution is 7.98. The first-order valence-corrected chi connectivity index (χ1v) is 12.8. The van der Waals surface area contributed by atoms with E-state index < -0.39 is 5.63 Å². The van der Waals surface area contributed by atoms with E-state index in [1.807, 2.05) is 72.8 Å². The van der Waals surface area contributed by atoms with Crippen molar-refractivity contribution < 1.29 is 13.9 Å². The van der Waals surface area contributed by atoms with Crippen molar-refractivity contribution in [3.05, 3.63) is 112 Å². The molecule has 0 saturated carbocycles. The van der Waals surface area contributed by atoms with E-state index in [0.717, 1.165) is 33.7 Å². The molecule has 0 spiro atoms. The van der Waals surface area contributed by atoms with E-state index in [0.29, 0.717) is 27.3 Å². The Balaban J connectivity index is 1.56. The second kappa shape index (κ2) is 10.8. The van der Waals surface area contributed by atoms with E-state index in [-0.39, 0.29) is 11.3 Å². The van der Waals surface area contributed by atoms with E-state index in [2.05, 4.69) is 6.07 Å². The number of benzene rings is 3. The minimum Gasteiger partial charge on any atom is -0.497 e. The number of thioether (sulfide) groups is 1. The maximum absolute atomic E-state index is 12.0. The lowest BCUT2D eigenvalue weighted by Crippen LogP contribution is -2.10. The van der Waals surface area contributed by atoms with E-state index in [1.54, 1.807) is 19.2 Å². The molecule has 0 fully saturated rings. The molecule has 0 amide bonds. The van der Waals surface area contributed by atoms with Gasteiger partial charge in [-0.3, -0.25) is 4.79 Å². The van der Waals surface area contributed by atoms with Gasteiger partial charge in [-0.05, 0) is 54.4 Å². The molecule has 0 aliphatic carbocycles. The van der Waals surface area contributed by atoms with Crippen molar-refractivity contribution in [2.24, 2.45) is 0 Å². The number of hydrogen-bond donors (Lipinski definition) is 0. The van der Waals surface area contributed by atoms with Gasteiger partial charge in [0.15, 0.2) is 5.78 Å². The number of nitriles is 1. The van der Waals surface area contributed by atoms with Crippen LogP contribution in [-0.4, -0.2) is 17.9 Å². The van der Waals surface area contributed by atoms with Gasteiger partial charge in [-0.1, -0.05) is 48.5 Å². The maximum Gasteiger partial charge on any atom is 0.347 e. The van der Waals surface area contributed by atoms with Gasteiger partial charge in [0, 0.05) is 22.3 Å². The average Bonchev–Trinajstić information content (AvgIpc) is 2.95. The Hall–Kier alpha value is -4.67. The first-order valence-electron chi connectivity index (χ1n) is 11.8. The Morgan fingerprint density at radius 1 is 1.00 bits per heavy atom. The molecule has 0 aliphatic heterocycles. The van der Waals surface area contributed by atoms with Gasteiger partial charge in [-0.2, -0.15) is 5.26 Å². The van der Waals surface area contributed by atoms with Crippen molar-refractivity contribution >= 4 is 28.5 Å². The molecule has 5 aromatic rings. The predicted octanol–water partition coefficient (Wildman–Crippen LogP) is 6.90. The Morgan fingerprint density at radius 2 is 1.76 bits per heavy atom. The molecule has 0 N–H and O–H groups in total. The number of pyridine rings is 1. The van der Waals surface area contributed by atoms with Crippen molar-refractivity contribution in [1.82, 2.24) is 4.98 Å². The number of carbonyl (C=O) groups excluding carboxylic acids is 1. The number of ketones is 1. The van der Waals surface area contributed by atoms with Crippen molar-refractivity contribution in [3.63, 3.8) is 0 Å². The molecular formula is C31H22N2O4S. The van der Waals surface area contributed by atoms with Crippen LogP contribution in [0.3, 0.4) is 0 Å². The molecule has 0 saturated heterocycles. The summed E-state index contributed by atoms with van der Waals surface area (Å²) >= 11 is 1.45. The third-order valence-electron chi connectivity index (χ3n) is 6.12. The number of methoxy groups -OCH3 is 1. The summed E-state index contributed by atoms with van der Waals surface area (Å²) in [5, 5.41) is 11.4. The minimum absolute atomic E-state index is 0.0235. The van der Waals surface area contributed by atoms with E-state index >= 15 is 0 Å². The zero-order valence-electron chi connectivity index (χ0n) is 20.7. The summed E-state index contributed by atoms with van der Waals surface area (Å²) in [5.74, 6) is 0.915. The van der Waals surface area contributed by atoms with Crippen LogP contribution in [0.5, 0.6) is 5.75 Å². The molecule has 6 nitrogen and oxygen atoms in total. The van der Waals surface area contributed by atoms with Gasteiger partial charge in [-0.15, -0.1) is 11.8 Å². The minimum atomic E-state index is -0.640. The third kappa shape index (κ3) is 5.08. The number of fused-ring (bicyclic) bond motifs is 1.